The van der Waals surface area contributed by atoms with Crippen molar-refractivity contribution in [2.45, 2.75) is 25.7 Å². The van der Waals surface area contributed by atoms with Crippen LogP contribution in [0.3, 0.4) is 0 Å². The summed E-state index contributed by atoms with van der Waals surface area (Å²) in [7, 11) is 0. The number of aryl methyl sites for hydroxylation is 1. The van der Waals surface area contributed by atoms with E-state index in [0.717, 1.165) is 25.7 Å². The van der Waals surface area contributed by atoms with Gasteiger partial charge in [-0.25, -0.2) is 0 Å². The van der Waals surface area contributed by atoms with Crippen LogP contribution in [0.5, 0.6) is 0 Å². The number of benzene rings is 6. The smallest absolute Gasteiger partial charge is 0.0541 e. The van der Waals surface area contributed by atoms with E-state index in [1.54, 1.807) is 0 Å². The Morgan fingerprint density at radius 2 is 1.16 bits per heavy atom. The van der Waals surface area contributed by atoms with Crippen LogP contribution in [0.15, 0.2) is 133 Å². The number of nitrogens with zero attached hydrogens (tertiary/aromatic N) is 1. The van der Waals surface area contributed by atoms with Gasteiger partial charge >= 0.3 is 0 Å². The van der Waals surface area contributed by atoms with E-state index in [1.807, 2.05) is 0 Å². The molecule has 0 saturated carbocycles. The number of hydrogen-bond acceptors (Lipinski definition) is 0. The van der Waals surface area contributed by atoms with Gasteiger partial charge < -0.3 is 4.57 Å². The highest BCUT2D eigenvalue weighted by atomic mass is 15.0. The standard InChI is InChI=1S/C42H31N/c1-2-14-35-33(12-1)34-13-3-4-15-36(34)40-27-31(22-25-37(35)40)30-11-9-10-29(26-30)28-20-23-32(24-21-28)43-41-18-7-5-16-38(41)39-17-6-8-19-42(39)43/h1-2,4-8,10,12,14-27H,3,9,11,13H2. The number of hydrogen-bond donors (Lipinski definition) is 0. The Hall–Kier alpha value is -5.14. The van der Waals surface area contributed by atoms with E-state index < -0.39 is 0 Å². The molecule has 0 saturated heterocycles. The van der Waals surface area contributed by atoms with Crippen LogP contribution in [0.1, 0.15) is 41.5 Å². The molecule has 0 unspecified atom stereocenters. The van der Waals surface area contributed by atoms with Crippen LogP contribution in [0.4, 0.5) is 0 Å². The van der Waals surface area contributed by atoms with Crippen molar-refractivity contribution in [3.8, 4) is 5.69 Å². The van der Waals surface area contributed by atoms with E-state index in [9.17, 15) is 0 Å². The van der Waals surface area contributed by atoms with E-state index in [-0.39, 0.29) is 0 Å². The summed E-state index contributed by atoms with van der Waals surface area (Å²) in [5, 5.41) is 8.12. The zero-order valence-electron chi connectivity index (χ0n) is 24.1. The minimum atomic E-state index is 1.06. The van der Waals surface area contributed by atoms with Gasteiger partial charge in [0.1, 0.15) is 0 Å². The number of para-hydroxylation sites is 2. The predicted molar refractivity (Wildman–Crippen MR) is 185 cm³/mol. The second kappa shape index (κ2) is 9.71. The van der Waals surface area contributed by atoms with E-state index in [4.69, 9.17) is 0 Å². The summed E-state index contributed by atoms with van der Waals surface area (Å²) < 4.78 is 2.39. The van der Waals surface area contributed by atoms with E-state index in [0.29, 0.717) is 0 Å². The maximum absolute atomic E-state index is 2.45. The maximum atomic E-state index is 2.45. The molecule has 0 radical (unpaired) electrons. The first kappa shape index (κ1) is 24.5. The topological polar surface area (TPSA) is 4.93 Å². The highest BCUT2D eigenvalue weighted by Crippen LogP contribution is 2.40. The third-order valence-corrected chi connectivity index (χ3v) is 9.54. The van der Waals surface area contributed by atoms with Crippen LogP contribution >= 0.6 is 0 Å². The van der Waals surface area contributed by atoms with Gasteiger partial charge in [-0.3, -0.25) is 0 Å². The van der Waals surface area contributed by atoms with Gasteiger partial charge in [-0.05, 0) is 111 Å². The monoisotopic (exact) mass is 549 g/mol. The average Bonchev–Trinajstić information content (AvgIpc) is 3.43. The van der Waals surface area contributed by atoms with Gasteiger partial charge in [0.05, 0.1) is 11.0 Å². The Labute approximate surface area is 251 Å². The molecule has 0 fully saturated rings. The molecule has 6 aromatic carbocycles. The summed E-state index contributed by atoms with van der Waals surface area (Å²) in [5.74, 6) is 0. The summed E-state index contributed by atoms with van der Waals surface area (Å²) in [6.45, 7) is 0. The van der Waals surface area contributed by atoms with Crippen LogP contribution in [-0.2, 0) is 6.42 Å². The molecule has 7 aromatic rings. The van der Waals surface area contributed by atoms with E-state index in [1.165, 1.54) is 82.4 Å². The van der Waals surface area contributed by atoms with Gasteiger partial charge in [0.15, 0.2) is 0 Å². The molecule has 2 aliphatic carbocycles. The molecule has 0 amide bonds. The van der Waals surface area contributed by atoms with Gasteiger partial charge in [-0.15, -0.1) is 0 Å². The van der Waals surface area contributed by atoms with Crippen molar-refractivity contribution < 1.29 is 0 Å². The molecule has 1 heterocycles. The summed E-state index contributed by atoms with van der Waals surface area (Å²) in [6.07, 6.45) is 13.9. The Kier molecular flexibility index (Phi) is 5.52. The Morgan fingerprint density at radius 3 is 1.93 bits per heavy atom. The first-order valence-electron chi connectivity index (χ1n) is 15.5. The number of rotatable bonds is 3. The number of allylic oxidation sites excluding steroid dienone is 5. The fraction of sp³-hybridized carbons (Fsp3) is 0.0952. The molecule has 0 spiro atoms. The fourth-order valence-corrected chi connectivity index (χ4v) is 7.51. The molecule has 2 aliphatic rings. The molecular formula is C42H31N. The third kappa shape index (κ3) is 3.85. The first-order valence-corrected chi connectivity index (χ1v) is 15.5. The molecule has 0 N–H and O–H groups in total. The molecule has 204 valence electrons. The van der Waals surface area contributed by atoms with Gasteiger partial charge in [0.25, 0.3) is 0 Å². The van der Waals surface area contributed by atoms with Crippen molar-refractivity contribution >= 4 is 60.6 Å². The van der Waals surface area contributed by atoms with Crippen molar-refractivity contribution in [3.63, 3.8) is 0 Å². The Balaban J connectivity index is 1.11. The molecule has 0 atom stereocenters. The minimum Gasteiger partial charge on any atom is -0.309 e. The second-order valence-corrected chi connectivity index (χ2v) is 11.9. The van der Waals surface area contributed by atoms with Crippen LogP contribution in [0, 0.1) is 0 Å². The lowest BCUT2D eigenvalue weighted by Gasteiger charge is -2.20. The molecule has 1 heteroatoms. The molecule has 9 rings (SSSR count). The lowest BCUT2D eigenvalue weighted by atomic mass is 9.84. The second-order valence-electron chi connectivity index (χ2n) is 11.9. The average molecular weight is 550 g/mol. The normalized spacial score (nSPS) is 14.8. The SMILES string of the molecule is C1=Cc2c(c3ccccc3c3ccc(C4=CC(c5ccc(-n6c7ccccc7c7ccccc76)cc5)=CCC4)cc23)CC1. The summed E-state index contributed by atoms with van der Waals surface area (Å²) in [5.41, 5.74) is 12.0. The van der Waals surface area contributed by atoms with Crippen molar-refractivity contribution in [1.29, 1.82) is 0 Å². The van der Waals surface area contributed by atoms with Gasteiger partial charge in [0.2, 0.25) is 0 Å². The maximum Gasteiger partial charge on any atom is 0.0541 e. The summed E-state index contributed by atoms with van der Waals surface area (Å²) >= 11 is 0. The van der Waals surface area contributed by atoms with Crippen molar-refractivity contribution in [1.82, 2.24) is 4.57 Å². The number of fused-ring (bicyclic) bond motifs is 9. The zero-order chi connectivity index (χ0) is 28.3. The van der Waals surface area contributed by atoms with Crippen LogP contribution in [0.2, 0.25) is 0 Å². The predicted octanol–water partition coefficient (Wildman–Crippen LogP) is 11.3. The number of aromatic nitrogens is 1. The summed E-state index contributed by atoms with van der Waals surface area (Å²) in [4.78, 5) is 0. The lowest BCUT2D eigenvalue weighted by Crippen LogP contribution is -1.99. The Bertz CT molecular complexity index is 2270. The molecule has 0 aliphatic heterocycles. The van der Waals surface area contributed by atoms with Crippen LogP contribution in [0.25, 0.3) is 66.3 Å². The van der Waals surface area contributed by atoms with Crippen molar-refractivity contribution in [3.05, 3.63) is 156 Å². The molecule has 0 bridgehead atoms. The Morgan fingerprint density at radius 1 is 0.512 bits per heavy atom. The minimum absolute atomic E-state index is 1.06. The van der Waals surface area contributed by atoms with Gasteiger partial charge in [0, 0.05) is 16.5 Å². The van der Waals surface area contributed by atoms with Gasteiger partial charge in [-0.2, -0.15) is 0 Å². The van der Waals surface area contributed by atoms with E-state index >= 15 is 0 Å². The summed E-state index contributed by atoms with van der Waals surface area (Å²) in [6, 6.07) is 42.6. The molecule has 1 nitrogen and oxygen atoms in total. The molecular weight excluding hydrogens is 518 g/mol. The quantitative estimate of drug-likeness (QED) is 0.193. The molecule has 43 heavy (non-hydrogen) atoms. The zero-order valence-corrected chi connectivity index (χ0v) is 24.1. The van der Waals surface area contributed by atoms with Crippen molar-refractivity contribution in [2.24, 2.45) is 0 Å². The lowest BCUT2D eigenvalue weighted by molar-refractivity contribution is 1.00. The third-order valence-electron chi connectivity index (χ3n) is 9.54. The van der Waals surface area contributed by atoms with E-state index in [2.05, 4.69) is 144 Å². The first-order chi connectivity index (χ1) is 21.3. The van der Waals surface area contributed by atoms with Gasteiger partial charge in [-0.1, -0.05) is 109 Å². The van der Waals surface area contributed by atoms with Crippen LogP contribution in [-0.4, -0.2) is 4.57 Å². The van der Waals surface area contributed by atoms with Crippen LogP contribution < -0.4 is 0 Å². The van der Waals surface area contributed by atoms with Crippen molar-refractivity contribution in [2.75, 3.05) is 0 Å². The highest BCUT2D eigenvalue weighted by Gasteiger charge is 2.17. The molecule has 1 aromatic heterocycles. The largest absolute Gasteiger partial charge is 0.309 e. The fourth-order valence-electron chi connectivity index (χ4n) is 7.51. The highest BCUT2D eigenvalue weighted by molar-refractivity contribution is 6.14.